The molecule has 0 amide bonds. The quantitative estimate of drug-likeness (QED) is 0.456. The van der Waals surface area contributed by atoms with Crippen LogP contribution in [0.3, 0.4) is 0 Å². The van der Waals surface area contributed by atoms with Crippen LogP contribution >= 0.6 is 12.6 Å². The lowest BCUT2D eigenvalue weighted by Gasteiger charge is -2.16. The van der Waals surface area contributed by atoms with E-state index >= 15 is 0 Å². The van der Waals surface area contributed by atoms with E-state index in [1.165, 1.54) is 28.8 Å². The van der Waals surface area contributed by atoms with Crippen LogP contribution in [0.15, 0.2) is 59.4 Å². The minimum Gasteiger partial charge on any atom is -0.508 e. The molecule has 0 fully saturated rings. The Bertz CT molecular complexity index is 1030. The molecule has 28 heavy (non-hydrogen) atoms. The summed E-state index contributed by atoms with van der Waals surface area (Å²) in [4.78, 5) is 24.3. The van der Waals surface area contributed by atoms with Gasteiger partial charge in [0.05, 0.1) is 6.04 Å². The number of carboxylic acid groups (broad SMARTS) is 1. The van der Waals surface area contributed by atoms with Crippen LogP contribution in [0.2, 0.25) is 0 Å². The Hall–Kier alpha value is -3.13. The summed E-state index contributed by atoms with van der Waals surface area (Å²) in [5.41, 5.74) is 0.847. The second-order valence-electron chi connectivity index (χ2n) is 6.38. The molecule has 1 aromatic heterocycles. The van der Waals surface area contributed by atoms with Gasteiger partial charge in [0.2, 0.25) is 5.88 Å². The molecule has 3 N–H and O–H groups in total. The number of aromatic nitrogens is 2. The molecule has 1 heterocycles. The smallest absolute Gasteiger partial charge is 0.332 e. The van der Waals surface area contributed by atoms with Crippen molar-refractivity contribution in [2.75, 3.05) is 5.75 Å². The number of aromatic hydroxyl groups is 2. The van der Waals surface area contributed by atoms with Crippen LogP contribution in [0.1, 0.15) is 11.6 Å². The Morgan fingerprint density at radius 1 is 1.04 bits per heavy atom. The van der Waals surface area contributed by atoms with Crippen molar-refractivity contribution in [3.8, 4) is 22.9 Å². The zero-order valence-corrected chi connectivity index (χ0v) is 15.8. The van der Waals surface area contributed by atoms with Gasteiger partial charge in [-0.15, -0.1) is 0 Å². The van der Waals surface area contributed by atoms with Crippen LogP contribution in [0.4, 0.5) is 0 Å². The van der Waals surface area contributed by atoms with Gasteiger partial charge in [-0.25, -0.2) is 4.79 Å². The molecular weight excluding hydrogens is 380 g/mol. The van der Waals surface area contributed by atoms with E-state index in [2.05, 4.69) is 12.6 Å². The molecule has 1 unspecified atom stereocenters. The molecule has 1 atom stereocenters. The van der Waals surface area contributed by atoms with Crippen molar-refractivity contribution in [2.24, 2.45) is 0 Å². The summed E-state index contributed by atoms with van der Waals surface area (Å²) in [6.07, 6.45) is 0.448. The number of benzene rings is 2. The number of thiol groups is 1. The highest BCUT2D eigenvalue weighted by atomic mass is 32.1. The minimum absolute atomic E-state index is 0.0205. The van der Waals surface area contributed by atoms with Crippen LogP contribution in [0.25, 0.3) is 11.3 Å². The van der Waals surface area contributed by atoms with Crippen molar-refractivity contribution in [1.29, 1.82) is 0 Å². The maximum Gasteiger partial charge on any atom is 0.332 e. The monoisotopic (exact) mass is 400 g/mol. The van der Waals surface area contributed by atoms with Gasteiger partial charge >= 0.3 is 11.7 Å². The largest absolute Gasteiger partial charge is 0.508 e. The third-order valence-electron chi connectivity index (χ3n) is 4.47. The van der Waals surface area contributed by atoms with E-state index in [1.54, 1.807) is 0 Å². The number of nitrogens with zero attached hydrogens (tertiary/aromatic N) is 2. The molecule has 2 aromatic carbocycles. The third-order valence-corrected chi connectivity index (χ3v) is 4.89. The van der Waals surface area contributed by atoms with Gasteiger partial charge in [-0.05, 0) is 36.2 Å². The molecule has 3 aromatic rings. The summed E-state index contributed by atoms with van der Waals surface area (Å²) in [5, 5.41) is 29.6. The summed E-state index contributed by atoms with van der Waals surface area (Å²) in [5.74, 6) is -1.24. The van der Waals surface area contributed by atoms with Gasteiger partial charge in [0.25, 0.3) is 0 Å². The Kier molecular flexibility index (Phi) is 5.79. The van der Waals surface area contributed by atoms with Crippen molar-refractivity contribution in [3.05, 3.63) is 70.6 Å². The standard InChI is InChI=1S/C20H20N2O5S/c23-16-8-6-14(7-9-16)18-19(26)22(20(27)21(18)11-17(24)25)15(12-28)10-13-4-2-1-3-5-13/h1-9,15,23,26,28H,10-12H2,(H,24,25). The van der Waals surface area contributed by atoms with E-state index < -0.39 is 24.2 Å². The van der Waals surface area contributed by atoms with E-state index in [1.807, 2.05) is 30.3 Å². The van der Waals surface area contributed by atoms with Crippen molar-refractivity contribution in [3.63, 3.8) is 0 Å². The summed E-state index contributed by atoms with van der Waals surface area (Å²) in [6, 6.07) is 14.8. The second-order valence-corrected chi connectivity index (χ2v) is 6.74. The maximum atomic E-state index is 13.0. The Labute approximate surface area is 166 Å². The van der Waals surface area contributed by atoms with Crippen LogP contribution in [0.5, 0.6) is 11.6 Å². The van der Waals surface area contributed by atoms with E-state index in [0.717, 1.165) is 10.1 Å². The van der Waals surface area contributed by atoms with E-state index in [0.29, 0.717) is 12.0 Å². The van der Waals surface area contributed by atoms with Crippen LogP contribution in [-0.4, -0.2) is 36.2 Å². The number of hydrogen-bond donors (Lipinski definition) is 4. The molecule has 8 heteroatoms. The summed E-state index contributed by atoms with van der Waals surface area (Å²) in [6.45, 7) is -0.597. The summed E-state index contributed by atoms with van der Waals surface area (Å²) in [7, 11) is 0. The maximum absolute atomic E-state index is 13.0. The molecule has 7 nitrogen and oxygen atoms in total. The Balaban J connectivity index is 2.14. The van der Waals surface area contributed by atoms with Crippen molar-refractivity contribution < 1.29 is 20.1 Å². The highest BCUT2D eigenvalue weighted by Crippen LogP contribution is 2.32. The topological polar surface area (TPSA) is 105 Å². The number of phenolic OH excluding ortho intramolecular Hbond substituents is 1. The van der Waals surface area contributed by atoms with Crippen molar-refractivity contribution >= 4 is 18.6 Å². The lowest BCUT2D eigenvalue weighted by atomic mass is 10.1. The van der Waals surface area contributed by atoms with Gasteiger partial charge in [-0.2, -0.15) is 12.6 Å². The van der Waals surface area contributed by atoms with Gasteiger partial charge < -0.3 is 15.3 Å². The van der Waals surface area contributed by atoms with Gasteiger partial charge in [0.15, 0.2) is 0 Å². The first-order chi connectivity index (χ1) is 13.4. The predicted octanol–water partition coefficient (Wildman–Crippen LogP) is 2.53. The second kappa shape index (κ2) is 8.26. The van der Waals surface area contributed by atoms with Crippen LogP contribution in [-0.2, 0) is 17.8 Å². The first kappa shape index (κ1) is 19.6. The first-order valence-corrected chi connectivity index (χ1v) is 9.25. The molecular formula is C20H20N2O5S. The molecule has 0 radical (unpaired) electrons. The molecule has 0 bridgehead atoms. The van der Waals surface area contributed by atoms with Crippen LogP contribution < -0.4 is 5.69 Å². The number of aliphatic carboxylic acids is 1. The summed E-state index contributed by atoms with van der Waals surface area (Å²) < 4.78 is 2.20. The zero-order chi connectivity index (χ0) is 20.3. The van der Waals surface area contributed by atoms with Crippen molar-refractivity contribution in [2.45, 2.75) is 19.0 Å². The number of phenols is 1. The zero-order valence-electron chi connectivity index (χ0n) is 14.9. The highest BCUT2D eigenvalue weighted by molar-refractivity contribution is 7.80. The molecule has 0 saturated heterocycles. The third kappa shape index (κ3) is 3.91. The molecule has 3 rings (SSSR count). The first-order valence-electron chi connectivity index (χ1n) is 8.62. The number of imidazole rings is 1. The SMILES string of the molecule is O=C(O)Cn1c(-c2ccc(O)cc2)c(O)n(C(CS)Cc2ccccc2)c1=O. The number of hydrogen-bond acceptors (Lipinski definition) is 5. The fourth-order valence-corrected chi connectivity index (χ4v) is 3.48. The predicted molar refractivity (Wildman–Crippen MR) is 108 cm³/mol. The molecule has 0 saturated carbocycles. The molecule has 146 valence electrons. The number of rotatable bonds is 7. The Morgan fingerprint density at radius 2 is 1.68 bits per heavy atom. The fraction of sp³-hybridized carbons (Fsp3) is 0.200. The minimum atomic E-state index is -1.20. The van der Waals surface area contributed by atoms with Gasteiger partial charge in [-0.1, -0.05) is 30.3 Å². The average molecular weight is 400 g/mol. The van der Waals surface area contributed by atoms with Gasteiger partial charge in [0.1, 0.15) is 18.0 Å². The Morgan fingerprint density at radius 3 is 2.25 bits per heavy atom. The fourth-order valence-electron chi connectivity index (χ4n) is 3.19. The molecule has 0 aliphatic heterocycles. The number of carboxylic acids is 1. The van der Waals surface area contributed by atoms with Crippen LogP contribution in [0, 0.1) is 0 Å². The van der Waals surface area contributed by atoms with Crippen molar-refractivity contribution in [1.82, 2.24) is 9.13 Å². The van der Waals surface area contributed by atoms with Gasteiger partial charge in [0, 0.05) is 11.3 Å². The normalized spacial score (nSPS) is 12.0. The van der Waals surface area contributed by atoms with E-state index in [4.69, 9.17) is 0 Å². The average Bonchev–Trinajstić information content (AvgIpc) is 2.91. The van der Waals surface area contributed by atoms with E-state index in [-0.39, 0.29) is 23.1 Å². The van der Waals surface area contributed by atoms with E-state index in [9.17, 15) is 24.9 Å². The number of carbonyl (C=O) groups is 1. The molecule has 0 spiro atoms. The highest BCUT2D eigenvalue weighted by Gasteiger charge is 2.26. The van der Waals surface area contributed by atoms with Gasteiger partial charge in [-0.3, -0.25) is 13.9 Å². The lowest BCUT2D eigenvalue weighted by molar-refractivity contribution is -0.137. The summed E-state index contributed by atoms with van der Waals surface area (Å²) >= 11 is 4.34. The molecule has 0 aliphatic carbocycles. The lowest BCUT2D eigenvalue weighted by Crippen LogP contribution is -2.31. The molecule has 0 aliphatic rings.